The van der Waals surface area contributed by atoms with E-state index >= 15 is 0 Å². The Morgan fingerprint density at radius 2 is 1.86 bits per heavy atom. The van der Waals surface area contributed by atoms with E-state index < -0.39 is 10.0 Å². The molecule has 1 saturated carbocycles. The van der Waals surface area contributed by atoms with E-state index in [0.29, 0.717) is 22.5 Å². The molecule has 2 aromatic rings. The number of hydrogen-bond donors (Lipinski definition) is 1. The Kier molecular flexibility index (Phi) is 5.12. The van der Waals surface area contributed by atoms with Crippen LogP contribution < -0.4 is 5.32 Å². The largest absolute Gasteiger partial charge is 0.444 e. The molecular formula is C21H24N2O4S. The Morgan fingerprint density at radius 1 is 1.14 bits per heavy atom. The predicted molar refractivity (Wildman–Crippen MR) is 106 cm³/mol. The molecule has 4 rings (SSSR count). The number of furan rings is 1. The van der Waals surface area contributed by atoms with E-state index in [1.807, 2.05) is 12.1 Å². The van der Waals surface area contributed by atoms with Gasteiger partial charge in [-0.1, -0.05) is 38.0 Å². The molecule has 1 aromatic carbocycles. The van der Waals surface area contributed by atoms with Gasteiger partial charge in [-0.05, 0) is 42.5 Å². The Hall–Kier alpha value is -2.38. The lowest BCUT2D eigenvalue weighted by Crippen LogP contribution is -2.25. The summed E-state index contributed by atoms with van der Waals surface area (Å²) in [7, 11) is -3.59. The number of fused-ring (bicyclic) bond motifs is 1. The normalized spacial score (nSPS) is 18.0. The SMILES string of the molecule is C=CC(=O)Nc1cc2c(o1)CN(S(=O)(=O)c1ccc(C3CCCCC3)cc1)C2. The smallest absolute Gasteiger partial charge is 0.250 e. The molecule has 2 heterocycles. The van der Waals surface area contributed by atoms with Crippen molar-refractivity contribution in [3.05, 3.63) is 59.9 Å². The van der Waals surface area contributed by atoms with Crippen molar-refractivity contribution in [3.8, 4) is 0 Å². The van der Waals surface area contributed by atoms with Gasteiger partial charge in [0.1, 0.15) is 5.76 Å². The van der Waals surface area contributed by atoms with Gasteiger partial charge in [0.15, 0.2) is 5.88 Å². The van der Waals surface area contributed by atoms with E-state index in [2.05, 4.69) is 11.9 Å². The summed E-state index contributed by atoms with van der Waals surface area (Å²) in [6.45, 7) is 3.78. The highest BCUT2D eigenvalue weighted by Gasteiger charge is 2.33. The maximum absolute atomic E-state index is 13.0. The average Bonchev–Trinajstić information content (AvgIpc) is 3.28. The molecule has 0 radical (unpaired) electrons. The molecule has 1 fully saturated rings. The summed E-state index contributed by atoms with van der Waals surface area (Å²) in [5.74, 6) is 1.05. The molecule has 1 aliphatic heterocycles. The molecule has 1 amide bonds. The first kappa shape index (κ1) is 19.0. The van der Waals surface area contributed by atoms with Gasteiger partial charge in [0.25, 0.3) is 0 Å². The summed E-state index contributed by atoms with van der Waals surface area (Å²) in [5, 5.41) is 2.55. The van der Waals surface area contributed by atoms with Crippen molar-refractivity contribution in [2.45, 2.75) is 56.0 Å². The molecule has 0 bridgehead atoms. The van der Waals surface area contributed by atoms with E-state index in [1.54, 1.807) is 18.2 Å². The molecule has 0 unspecified atom stereocenters. The maximum atomic E-state index is 13.0. The van der Waals surface area contributed by atoms with Crippen LogP contribution in [0.5, 0.6) is 0 Å². The average molecular weight is 401 g/mol. The number of nitrogens with one attached hydrogen (secondary N) is 1. The zero-order valence-corrected chi connectivity index (χ0v) is 16.5. The molecule has 2 aliphatic rings. The van der Waals surface area contributed by atoms with Crippen LogP contribution >= 0.6 is 0 Å². The summed E-state index contributed by atoms with van der Waals surface area (Å²) in [5.41, 5.74) is 2.00. The third-order valence-corrected chi connectivity index (χ3v) is 7.40. The first-order chi connectivity index (χ1) is 13.5. The highest BCUT2D eigenvalue weighted by molar-refractivity contribution is 7.89. The van der Waals surface area contributed by atoms with Crippen molar-refractivity contribution in [2.75, 3.05) is 5.32 Å². The fourth-order valence-corrected chi connectivity index (χ4v) is 5.42. The Labute approximate surface area is 165 Å². The lowest BCUT2D eigenvalue weighted by molar-refractivity contribution is -0.112. The summed E-state index contributed by atoms with van der Waals surface area (Å²) in [4.78, 5) is 11.7. The summed E-state index contributed by atoms with van der Waals surface area (Å²) in [6, 6.07) is 9.02. The minimum absolute atomic E-state index is 0.159. The molecule has 1 aromatic heterocycles. The second-order valence-corrected chi connectivity index (χ2v) is 9.37. The van der Waals surface area contributed by atoms with Gasteiger partial charge in [-0.2, -0.15) is 4.31 Å². The minimum atomic E-state index is -3.59. The van der Waals surface area contributed by atoms with Gasteiger partial charge in [-0.3, -0.25) is 10.1 Å². The fraction of sp³-hybridized carbons (Fsp3) is 0.381. The number of anilines is 1. The van der Waals surface area contributed by atoms with Crippen LogP contribution in [0.25, 0.3) is 0 Å². The Bertz CT molecular complexity index is 962. The highest BCUT2D eigenvalue weighted by Crippen LogP contribution is 2.35. The van der Waals surface area contributed by atoms with Crippen LogP contribution in [0.1, 0.15) is 54.9 Å². The number of sulfonamides is 1. The van der Waals surface area contributed by atoms with E-state index in [9.17, 15) is 13.2 Å². The molecule has 7 heteroatoms. The maximum Gasteiger partial charge on any atom is 0.250 e. The van der Waals surface area contributed by atoms with Crippen LogP contribution in [0.4, 0.5) is 5.88 Å². The molecule has 6 nitrogen and oxygen atoms in total. The molecule has 0 atom stereocenters. The molecule has 0 saturated heterocycles. The topological polar surface area (TPSA) is 79.6 Å². The fourth-order valence-electron chi connectivity index (χ4n) is 4.04. The lowest BCUT2D eigenvalue weighted by atomic mass is 9.84. The van der Waals surface area contributed by atoms with Crippen molar-refractivity contribution >= 4 is 21.8 Å². The highest BCUT2D eigenvalue weighted by atomic mass is 32.2. The number of benzene rings is 1. The van der Waals surface area contributed by atoms with E-state index in [0.717, 1.165) is 11.6 Å². The van der Waals surface area contributed by atoms with Crippen LogP contribution in [0.3, 0.4) is 0 Å². The van der Waals surface area contributed by atoms with Crippen molar-refractivity contribution in [3.63, 3.8) is 0 Å². The van der Waals surface area contributed by atoms with Gasteiger partial charge >= 0.3 is 0 Å². The van der Waals surface area contributed by atoms with Crippen molar-refractivity contribution in [2.24, 2.45) is 0 Å². The molecule has 1 N–H and O–H groups in total. The Balaban J connectivity index is 1.47. The quantitative estimate of drug-likeness (QED) is 0.765. The van der Waals surface area contributed by atoms with Crippen LogP contribution in [-0.2, 0) is 27.9 Å². The zero-order chi connectivity index (χ0) is 19.7. The Morgan fingerprint density at radius 3 is 2.50 bits per heavy atom. The molecule has 148 valence electrons. The van der Waals surface area contributed by atoms with Gasteiger partial charge in [-0.25, -0.2) is 8.42 Å². The van der Waals surface area contributed by atoms with Crippen molar-refractivity contribution in [1.82, 2.24) is 4.31 Å². The standard InChI is InChI=1S/C21H24N2O4S/c1-2-20(24)22-21-12-17-13-23(14-19(17)27-21)28(25,26)18-10-8-16(9-11-18)15-6-4-3-5-7-15/h2,8-12,15H,1,3-7,13-14H2,(H,22,24). The number of carbonyl (C=O) groups excluding carboxylic acids is 1. The third kappa shape index (κ3) is 3.64. The van der Waals surface area contributed by atoms with E-state index in [4.69, 9.17) is 4.42 Å². The molecule has 1 aliphatic carbocycles. The van der Waals surface area contributed by atoms with Gasteiger partial charge in [0.2, 0.25) is 15.9 Å². The monoisotopic (exact) mass is 400 g/mol. The predicted octanol–water partition coefficient (Wildman–Crippen LogP) is 4.16. The number of nitrogens with zero attached hydrogens (tertiary/aromatic N) is 1. The zero-order valence-electron chi connectivity index (χ0n) is 15.7. The van der Waals surface area contributed by atoms with Gasteiger partial charge in [0, 0.05) is 18.2 Å². The number of amides is 1. The molecular weight excluding hydrogens is 376 g/mol. The van der Waals surface area contributed by atoms with Crippen LogP contribution in [0.15, 0.2) is 52.3 Å². The first-order valence-electron chi connectivity index (χ1n) is 9.62. The van der Waals surface area contributed by atoms with Crippen molar-refractivity contribution in [1.29, 1.82) is 0 Å². The number of carbonyl (C=O) groups is 1. The minimum Gasteiger partial charge on any atom is -0.444 e. The second kappa shape index (κ2) is 7.56. The molecule has 0 spiro atoms. The lowest BCUT2D eigenvalue weighted by Gasteiger charge is -2.22. The number of rotatable bonds is 5. The third-order valence-electron chi connectivity index (χ3n) is 5.59. The summed E-state index contributed by atoms with van der Waals surface area (Å²) in [6.07, 6.45) is 7.32. The molecule has 28 heavy (non-hydrogen) atoms. The first-order valence-corrected chi connectivity index (χ1v) is 11.1. The van der Waals surface area contributed by atoms with Gasteiger partial charge < -0.3 is 4.42 Å². The van der Waals surface area contributed by atoms with Crippen LogP contribution in [0.2, 0.25) is 0 Å². The van der Waals surface area contributed by atoms with Crippen LogP contribution in [0, 0.1) is 0 Å². The summed E-state index contributed by atoms with van der Waals surface area (Å²) < 4.78 is 33.0. The number of hydrogen-bond acceptors (Lipinski definition) is 4. The van der Waals surface area contributed by atoms with Crippen molar-refractivity contribution < 1.29 is 17.6 Å². The van der Waals surface area contributed by atoms with E-state index in [1.165, 1.54) is 42.0 Å². The summed E-state index contributed by atoms with van der Waals surface area (Å²) >= 11 is 0. The van der Waals surface area contributed by atoms with Gasteiger partial charge in [0.05, 0.1) is 11.4 Å². The van der Waals surface area contributed by atoms with Gasteiger partial charge in [-0.15, -0.1) is 0 Å². The second-order valence-electron chi connectivity index (χ2n) is 7.43. The van der Waals surface area contributed by atoms with E-state index in [-0.39, 0.29) is 19.0 Å². The van der Waals surface area contributed by atoms with Crippen LogP contribution in [-0.4, -0.2) is 18.6 Å².